The molecule has 0 saturated heterocycles. The van der Waals surface area contributed by atoms with Crippen molar-refractivity contribution in [1.29, 1.82) is 0 Å². The van der Waals surface area contributed by atoms with Gasteiger partial charge in [0.05, 0.1) is 27.3 Å². The lowest BCUT2D eigenvalue weighted by Gasteiger charge is -2.19. The number of anilines is 2. The predicted molar refractivity (Wildman–Crippen MR) is 125 cm³/mol. The number of nitrogens with zero attached hydrogens (tertiary/aromatic N) is 5. The average molecular weight is 529 g/mol. The minimum atomic E-state index is -4.70. The van der Waals surface area contributed by atoms with Crippen molar-refractivity contribution in [3.05, 3.63) is 57.5 Å². The van der Waals surface area contributed by atoms with Gasteiger partial charge in [0.25, 0.3) is 0 Å². The first-order chi connectivity index (χ1) is 17.0. The Morgan fingerprint density at radius 2 is 1.97 bits per heavy atom. The second-order valence-corrected chi connectivity index (χ2v) is 8.25. The molecule has 2 aromatic heterocycles. The van der Waals surface area contributed by atoms with Crippen LogP contribution in [0, 0.1) is 5.82 Å². The molecule has 1 atom stereocenters. The molecule has 4 rings (SSSR count). The van der Waals surface area contributed by atoms with Gasteiger partial charge in [-0.3, -0.25) is 9.25 Å². The number of benzene rings is 2. The molecule has 0 bridgehead atoms. The molecule has 2 aromatic carbocycles. The van der Waals surface area contributed by atoms with E-state index in [1.807, 2.05) is 0 Å². The maximum absolute atomic E-state index is 14.4. The number of nitrogens with one attached hydrogen (secondary N) is 1. The van der Waals surface area contributed by atoms with Crippen molar-refractivity contribution in [1.82, 2.24) is 24.1 Å². The molecule has 192 valence electrons. The first-order valence-electron chi connectivity index (χ1n) is 10.7. The Morgan fingerprint density at radius 1 is 1.25 bits per heavy atom. The number of aliphatic hydroxyl groups excluding tert-OH is 1. The number of hydrogen-bond donors (Lipinski definition) is 2. The Morgan fingerprint density at radius 3 is 2.56 bits per heavy atom. The molecule has 0 aliphatic rings. The highest BCUT2D eigenvalue weighted by Crippen LogP contribution is 2.39. The van der Waals surface area contributed by atoms with E-state index in [-0.39, 0.29) is 51.2 Å². The second kappa shape index (κ2) is 9.47. The van der Waals surface area contributed by atoms with Crippen molar-refractivity contribution in [2.45, 2.75) is 39.3 Å². The summed E-state index contributed by atoms with van der Waals surface area (Å²) in [7, 11) is 1.52. The summed E-state index contributed by atoms with van der Waals surface area (Å²) < 4.78 is 63.4. The van der Waals surface area contributed by atoms with Crippen LogP contribution < -0.4 is 15.7 Å². The maximum Gasteiger partial charge on any atom is 0.425 e. The van der Waals surface area contributed by atoms with Gasteiger partial charge in [-0.1, -0.05) is 17.7 Å². The minimum Gasteiger partial charge on any atom is -0.480 e. The predicted octanol–water partition coefficient (Wildman–Crippen LogP) is 4.30. The lowest BCUT2D eigenvalue weighted by molar-refractivity contribution is -0.188. The Kier molecular flexibility index (Phi) is 6.71. The zero-order valence-electron chi connectivity index (χ0n) is 19.3. The van der Waals surface area contributed by atoms with E-state index in [4.69, 9.17) is 16.3 Å². The number of aromatic nitrogens is 5. The van der Waals surface area contributed by atoms with E-state index in [2.05, 4.69) is 15.5 Å². The summed E-state index contributed by atoms with van der Waals surface area (Å²) in [5.74, 6) is -0.913. The highest BCUT2D eigenvalue weighted by atomic mass is 35.5. The summed E-state index contributed by atoms with van der Waals surface area (Å²) in [6.07, 6.45) is -6.92. The molecule has 0 saturated carbocycles. The standard InChI is InChI=1S/C22H21ClF4N6O3/c1-4-32-17(10-34)29-33(21(32)35)12-8-15-18(16(9-12)36-11(2)22(25,26)27)20(30-31(15)3)28-19-13(23)6-5-7-14(19)24/h5-9,11,34H,4,10H2,1-3H3,(H,28,30). The normalized spacial score (nSPS) is 12.8. The van der Waals surface area contributed by atoms with Gasteiger partial charge in [0.15, 0.2) is 17.7 Å². The van der Waals surface area contributed by atoms with E-state index in [1.54, 1.807) is 6.92 Å². The van der Waals surface area contributed by atoms with E-state index >= 15 is 0 Å². The number of aryl methyl sites for hydroxylation is 1. The van der Waals surface area contributed by atoms with E-state index < -0.39 is 30.4 Å². The smallest absolute Gasteiger partial charge is 0.425 e. The van der Waals surface area contributed by atoms with Crippen molar-refractivity contribution >= 4 is 34.0 Å². The Balaban J connectivity index is 1.96. The van der Waals surface area contributed by atoms with Crippen LogP contribution in [0.3, 0.4) is 0 Å². The molecule has 2 heterocycles. The summed E-state index contributed by atoms with van der Waals surface area (Å²) in [6, 6.07) is 6.68. The molecule has 36 heavy (non-hydrogen) atoms. The van der Waals surface area contributed by atoms with Crippen molar-refractivity contribution < 1.29 is 27.4 Å². The Hall–Kier alpha value is -3.58. The maximum atomic E-state index is 14.4. The molecule has 0 spiro atoms. The van der Waals surface area contributed by atoms with Crippen LogP contribution in [0.15, 0.2) is 35.1 Å². The molecule has 2 N–H and O–H groups in total. The molecule has 0 aliphatic heterocycles. The summed E-state index contributed by atoms with van der Waals surface area (Å²) in [4.78, 5) is 12.9. The third-order valence-corrected chi connectivity index (χ3v) is 5.83. The van der Waals surface area contributed by atoms with Crippen LogP contribution in [-0.4, -0.2) is 41.5 Å². The van der Waals surface area contributed by atoms with Gasteiger partial charge in [0.2, 0.25) is 0 Å². The van der Waals surface area contributed by atoms with Crippen LogP contribution in [0.4, 0.5) is 29.1 Å². The number of fused-ring (bicyclic) bond motifs is 1. The van der Waals surface area contributed by atoms with Gasteiger partial charge < -0.3 is 15.2 Å². The van der Waals surface area contributed by atoms with Gasteiger partial charge in [-0.2, -0.15) is 23.0 Å². The molecule has 4 aromatic rings. The number of para-hydroxylation sites is 1. The number of halogens is 5. The van der Waals surface area contributed by atoms with Crippen LogP contribution in [0.1, 0.15) is 19.7 Å². The molecule has 14 heteroatoms. The highest BCUT2D eigenvalue weighted by molar-refractivity contribution is 6.33. The molecule has 1 unspecified atom stereocenters. The van der Waals surface area contributed by atoms with Gasteiger partial charge in [0, 0.05) is 19.7 Å². The number of hydrogen-bond acceptors (Lipinski definition) is 6. The van der Waals surface area contributed by atoms with Crippen LogP contribution in [-0.2, 0) is 20.2 Å². The van der Waals surface area contributed by atoms with E-state index in [0.717, 1.165) is 17.7 Å². The van der Waals surface area contributed by atoms with E-state index in [1.165, 1.54) is 40.6 Å². The Labute approximate surface area is 206 Å². The van der Waals surface area contributed by atoms with Gasteiger partial charge in [-0.05, 0) is 32.0 Å². The minimum absolute atomic E-state index is 0.0158. The largest absolute Gasteiger partial charge is 0.480 e. The number of rotatable bonds is 7. The number of alkyl halides is 3. The van der Waals surface area contributed by atoms with Crippen LogP contribution >= 0.6 is 11.6 Å². The molecule has 0 amide bonds. The first-order valence-corrected chi connectivity index (χ1v) is 11.1. The fourth-order valence-corrected chi connectivity index (χ4v) is 3.88. The van der Waals surface area contributed by atoms with E-state index in [9.17, 15) is 27.5 Å². The lowest BCUT2D eigenvalue weighted by Crippen LogP contribution is -2.31. The first kappa shape index (κ1) is 25.5. The average Bonchev–Trinajstić information content (AvgIpc) is 3.31. The topological polar surface area (TPSA) is 99.1 Å². The van der Waals surface area contributed by atoms with Crippen LogP contribution in [0.5, 0.6) is 5.75 Å². The zero-order chi connectivity index (χ0) is 26.4. The molecule has 0 aliphatic carbocycles. The second-order valence-electron chi connectivity index (χ2n) is 7.85. The fraction of sp³-hybridized carbons (Fsp3) is 0.318. The van der Waals surface area contributed by atoms with Gasteiger partial charge in [0.1, 0.15) is 18.2 Å². The highest BCUT2D eigenvalue weighted by Gasteiger charge is 2.38. The summed E-state index contributed by atoms with van der Waals surface area (Å²) in [5.41, 5.74) is -0.384. The summed E-state index contributed by atoms with van der Waals surface area (Å²) >= 11 is 6.10. The third kappa shape index (κ3) is 4.51. The molecule has 0 radical (unpaired) electrons. The van der Waals surface area contributed by atoms with Crippen LogP contribution in [0.2, 0.25) is 5.02 Å². The zero-order valence-corrected chi connectivity index (χ0v) is 20.0. The van der Waals surface area contributed by atoms with Crippen LogP contribution in [0.25, 0.3) is 16.6 Å². The fourth-order valence-electron chi connectivity index (χ4n) is 3.67. The molecule has 0 fully saturated rings. The monoisotopic (exact) mass is 528 g/mol. The van der Waals surface area contributed by atoms with Crippen molar-refractivity contribution in [2.24, 2.45) is 7.05 Å². The van der Waals surface area contributed by atoms with Gasteiger partial charge in [-0.15, -0.1) is 5.10 Å². The summed E-state index contributed by atoms with van der Waals surface area (Å²) in [5, 5.41) is 20.8. The SMILES string of the molecule is CCn1c(CO)nn(-c2cc(OC(C)C(F)(F)F)c3c(Nc4c(F)cccc4Cl)nn(C)c3c2)c1=O. The van der Waals surface area contributed by atoms with Gasteiger partial charge >= 0.3 is 11.9 Å². The number of ether oxygens (including phenoxy) is 1. The lowest BCUT2D eigenvalue weighted by atomic mass is 10.2. The number of aliphatic hydroxyl groups is 1. The third-order valence-electron chi connectivity index (χ3n) is 5.51. The van der Waals surface area contributed by atoms with Crippen molar-refractivity contribution in [3.63, 3.8) is 0 Å². The molecular weight excluding hydrogens is 508 g/mol. The molecule has 9 nitrogen and oxygen atoms in total. The molecular formula is C22H21ClF4N6O3. The quantitative estimate of drug-likeness (QED) is 0.347. The van der Waals surface area contributed by atoms with Crippen molar-refractivity contribution in [2.75, 3.05) is 5.32 Å². The van der Waals surface area contributed by atoms with Gasteiger partial charge in [-0.25, -0.2) is 9.18 Å². The summed E-state index contributed by atoms with van der Waals surface area (Å²) in [6.45, 7) is 2.21. The van der Waals surface area contributed by atoms with Crippen molar-refractivity contribution in [3.8, 4) is 11.4 Å². The van der Waals surface area contributed by atoms with E-state index in [0.29, 0.717) is 0 Å². The Bertz CT molecular complexity index is 1470.